The summed E-state index contributed by atoms with van der Waals surface area (Å²) in [5.74, 6) is -1.50. The summed E-state index contributed by atoms with van der Waals surface area (Å²) in [4.78, 5) is 41.9. The van der Waals surface area contributed by atoms with Crippen LogP contribution in [0.3, 0.4) is 0 Å². The molecule has 1 aliphatic rings. The number of amides is 2. The van der Waals surface area contributed by atoms with Crippen LogP contribution in [0.5, 0.6) is 11.5 Å². The monoisotopic (exact) mass is 515 g/mol. The van der Waals surface area contributed by atoms with Crippen LogP contribution in [0.15, 0.2) is 72.3 Å². The molecule has 1 atom stereocenters. The summed E-state index contributed by atoms with van der Waals surface area (Å²) in [5, 5.41) is 14.2. The van der Waals surface area contributed by atoms with Gasteiger partial charge in [-0.05, 0) is 48.0 Å². The summed E-state index contributed by atoms with van der Waals surface area (Å²) in [6.07, 6.45) is 0. The molecule has 1 fully saturated rings. The predicted molar refractivity (Wildman–Crippen MR) is 146 cm³/mol. The minimum absolute atomic E-state index is 0.0824. The number of hydrogen-bond acceptors (Lipinski definition) is 7. The van der Waals surface area contributed by atoms with Crippen molar-refractivity contribution in [2.75, 3.05) is 43.4 Å². The largest absolute Gasteiger partial charge is 0.507 e. The van der Waals surface area contributed by atoms with Crippen LogP contribution in [0.2, 0.25) is 0 Å². The van der Waals surface area contributed by atoms with Gasteiger partial charge in [0, 0.05) is 44.1 Å². The van der Waals surface area contributed by atoms with Gasteiger partial charge in [-0.3, -0.25) is 19.3 Å². The van der Waals surface area contributed by atoms with Gasteiger partial charge in [-0.2, -0.15) is 0 Å². The third kappa shape index (κ3) is 4.90. The first-order valence-corrected chi connectivity index (χ1v) is 11.8. The number of carbonyl (C=O) groups is 3. The molecule has 0 radical (unpaired) electrons. The number of Topliss-reactive ketones (excluding diaryl/α,β-unsaturated/α-hetero) is 1. The summed E-state index contributed by atoms with van der Waals surface area (Å²) in [6.45, 7) is 1.38. The zero-order valence-electron chi connectivity index (χ0n) is 21.8. The maximum atomic E-state index is 13.5. The Morgan fingerprint density at radius 2 is 1.68 bits per heavy atom. The van der Waals surface area contributed by atoms with E-state index in [1.165, 1.54) is 26.0 Å². The van der Waals surface area contributed by atoms with Crippen molar-refractivity contribution in [3.63, 3.8) is 0 Å². The van der Waals surface area contributed by atoms with Gasteiger partial charge in [0.25, 0.3) is 11.7 Å². The lowest BCUT2D eigenvalue weighted by Gasteiger charge is -2.26. The zero-order valence-corrected chi connectivity index (χ0v) is 21.8. The van der Waals surface area contributed by atoms with Gasteiger partial charge in [0.15, 0.2) is 0 Å². The molecule has 1 unspecified atom stereocenters. The molecule has 3 aromatic carbocycles. The molecular weight excluding hydrogens is 486 g/mol. The van der Waals surface area contributed by atoms with Gasteiger partial charge < -0.3 is 24.8 Å². The lowest BCUT2D eigenvalue weighted by Crippen LogP contribution is -2.29. The second-order valence-electron chi connectivity index (χ2n) is 8.95. The minimum Gasteiger partial charge on any atom is -0.507 e. The first kappa shape index (κ1) is 26.3. The molecule has 1 saturated heterocycles. The maximum Gasteiger partial charge on any atom is 0.300 e. The van der Waals surface area contributed by atoms with Crippen LogP contribution < -0.4 is 24.6 Å². The molecule has 38 heavy (non-hydrogen) atoms. The first-order valence-electron chi connectivity index (χ1n) is 11.8. The van der Waals surface area contributed by atoms with Crippen molar-refractivity contribution in [2.45, 2.75) is 13.0 Å². The molecule has 9 heteroatoms. The molecule has 1 aliphatic heterocycles. The summed E-state index contributed by atoms with van der Waals surface area (Å²) in [7, 11) is 6.76. The molecule has 0 aromatic heterocycles. The number of aliphatic hydroxyl groups excluding tert-OH is 1. The highest BCUT2D eigenvalue weighted by molar-refractivity contribution is 6.51. The second-order valence-corrected chi connectivity index (χ2v) is 8.95. The Hall–Kier alpha value is -4.79. The second kappa shape index (κ2) is 10.7. The Morgan fingerprint density at radius 3 is 2.29 bits per heavy atom. The lowest BCUT2D eigenvalue weighted by molar-refractivity contribution is -0.132. The van der Waals surface area contributed by atoms with Crippen LogP contribution in [0.4, 0.5) is 17.1 Å². The molecule has 0 saturated carbocycles. The van der Waals surface area contributed by atoms with Gasteiger partial charge in [0.05, 0.1) is 31.4 Å². The number of rotatable bonds is 7. The van der Waals surface area contributed by atoms with Gasteiger partial charge in [-0.25, -0.2) is 0 Å². The van der Waals surface area contributed by atoms with E-state index in [2.05, 4.69) is 5.32 Å². The Kier molecular flexibility index (Phi) is 7.38. The van der Waals surface area contributed by atoms with Crippen LogP contribution in [0, 0.1) is 0 Å². The SMILES string of the molecule is COc1ccc(/C(O)=C2/C(=O)C(=O)N(c3cccc(NC(C)=O)c3)C2c2ccc(N(C)C)cc2)c(OC)c1. The highest BCUT2D eigenvalue weighted by Crippen LogP contribution is 2.44. The third-order valence-electron chi connectivity index (χ3n) is 6.28. The number of ether oxygens (including phenoxy) is 2. The number of ketones is 1. The number of benzene rings is 3. The van der Waals surface area contributed by atoms with Crippen molar-refractivity contribution < 1.29 is 29.0 Å². The molecule has 196 valence electrons. The van der Waals surface area contributed by atoms with Crippen molar-refractivity contribution in [1.82, 2.24) is 0 Å². The standard InChI is InChI=1S/C29H29N3O6/c1-17(33)30-19-7-6-8-21(15-19)32-26(18-9-11-20(12-10-18)31(2)3)25(28(35)29(32)36)27(34)23-14-13-22(37-4)16-24(23)38-5/h6-16,26,34H,1-5H3,(H,30,33)/b27-25-. The predicted octanol–water partition coefficient (Wildman–Crippen LogP) is 4.35. The van der Waals surface area contributed by atoms with E-state index in [9.17, 15) is 19.5 Å². The third-order valence-corrected chi connectivity index (χ3v) is 6.28. The highest BCUT2D eigenvalue weighted by atomic mass is 16.5. The average molecular weight is 516 g/mol. The molecule has 3 aromatic rings. The number of nitrogens with zero attached hydrogens (tertiary/aromatic N) is 2. The van der Waals surface area contributed by atoms with E-state index in [0.717, 1.165) is 5.69 Å². The van der Waals surface area contributed by atoms with Gasteiger partial charge in [0.2, 0.25) is 5.91 Å². The maximum absolute atomic E-state index is 13.5. The zero-order chi connectivity index (χ0) is 27.6. The van der Waals surface area contributed by atoms with Crippen LogP contribution in [0.1, 0.15) is 24.1 Å². The molecule has 2 N–H and O–H groups in total. The number of carbonyl (C=O) groups excluding carboxylic acids is 3. The molecular formula is C29H29N3O6. The summed E-state index contributed by atoms with van der Waals surface area (Å²) in [5.41, 5.74) is 2.56. The topological polar surface area (TPSA) is 108 Å². The number of nitrogens with one attached hydrogen (secondary N) is 1. The molecule has 0 bridgehead atoms. The van der Waals surface area contributed by atoms with E-state index < -0.39 is 17.7 Å². The smallest absolute Gasteiger partial charge is 0.300 e. The number of aliphatic hydroxyl groups is 1. The van der Waals surface area contributed by atoms with Gasteiger partial charge in [-0.15, -0.1) is 0 Å². The van der Waals surface area contributed by atoms with Gasteiger partial charge in [0.1, 0.15) is 17.3 Å². The van der Waals surface area contributed by atoms with E-state index in [1.54, 1.807) is 42.5 Å². The Bertz CT molecular complexity index is 1430. The van der Waals surface area contributed by atoms with Crippen molar-refractivity contribution in [2.24, 2.45) is 0 Å². The van der Waals surface area contributed by atoms with Crippen molar-refractivity contribution >= 4 is 40.4 Å². The van der Waals surface area contributed by atoms with E-state index >= 15 is 0 Å². The number of hydrogen-bond donors (Lipinski definition) is 2. The normalized spacial score (nSPS) is 16.3. The van der Waals surface area contributed by atoms with Gasteiger partial charge >= 0.3 is 0 Å². The Labute approximate surface area is 220 Å². The Morgan fingerprint density at radius 1 is 0.974 bits per heavy atom. The molecule has 4 rings (SSSR count). The van der Waals surface area contributed by atoms with E-state index in [0.29, 0.717) is 22.7 Å². The van der Waals surface area contributed by atoms with Crippen LogP contribution in [-0.2, 0) is 14.4 Å². The van der Waals surface area contributed by atoms with Crippen molar-refractivity contribution in [3.05, 3.63) is 83.4 Å². The number of methoxy groups -OCH3 is 2. The minimum atomic E-state index is -0.939. The van der Waals surface area contributed by atoms with E-state index in [-0.39, 0.29) is 28.6 Å². The fraction of sp³-hybridized carbons (Fsp3) is 0.207. The highest BCUT2D eigenvalue weighted by Gasteiger charge is 2.47. The summed E-state index contributed by atoms with van der Waals surface area (Å²) < 4.78 is 10.7. The van der Waals surface area contributed by atoms with Crippen LogP contribution in [0.25, 0.3) is 5.76 Å². The van der Waals surface area contributed by atoms with Gasteiger partial charge in [-0.1, -0.05) is 18.2 Å². The molecule has 9 nitrogen and oxygen atoms in total. The lowest BCUT2D eigenvalue weighted by atomic mass is 9.94. The number of anilines is 3. The van der Waals surface area contributed by atoms with Crippen molar-refractivity contribution in [3.8, 4) is 11.5 Å². The summed E-state index contributed by atoms with van der Waals surface area (Å²) in [6, 6.07) is 17.9. The fourth-order valence-electron chi connectivity index (χ4n) is 4.45. The first-order chi connectivity index (χ1) is 18.2. The van der Waals surface area contributed by atoms with Crippen molar-refractivity contribution in [1.29, 1.82) is 0 Å². The fourth-order valence-corrected chi connectivity index (χ4v) is 4.45. The average Bonchev–Trinajstić information content (AvgIpc) is 3.17. The molecule has 0 aliphatic carbocycles. The van der Waals surface area contributed by atoms with Crippen LogP contribution >= 0.6 is 0 Å². The molecule has 0 spiro atoms. The Balaban J connectivity index is 1.94. The van der Waals surface area contributed by atoms with Crippen LogP contribution in [-0.4, -0.2) is 51.0 Å². The van der Waals surface area contributed by atoms with E-state index in [1.807, 2.05) is 43.3 Å². The van der Waals surface area contributed by atoms with E-state index in [4.69, 9.17) is 9.47 Å². The summed E-state index contributed by atoms with van der Waals surface area (Å²) >= 11 is 0. The quantitative estimate of drug-likeness (QED) is 0.274. The molecule has 2 amide bonds. The molecule has 1 heterocycles.